The van der Waals surface area contributed by atoms with Gasteiger partial charge in [0.25, 0.3) is 5.91 Å². The molecular formula is C22H22N2O4. The van der Waals surface area contributed by atoms with Crippen molar-refractivity contribution >= 4 is 23.5 Å². The Morgan fingerprint density at radius 2 is 1.71 bits per heavy atom. The number of anilines is 1. The van der Waals surface area contributed by atoms with Gasteiger partial charge >= 0.3 is 5.97 Å². The topological polar surface area (TPSA) is 75.7 Å². The van der Waals surface area contributed by atoms with E-state index in [1.807, 2.05) is 11.0 Å². The number of cyclic esters (lactones) is 1. The molecule has 1 N–H and O–H groups in total. The van der Waals surface area contributed by atoms with E-state index in [-0.39, 0.29) is 18.2 Å². The highest BCUT2D eigenvalue weighted by Gasteiger charge is 2.32. The summed E-state index contributed by atoms with van der Waals surface area (Å²) in [5.74, 6) is -0.768. The molecule has 0 aliphatic carbocycles. The van der Waals surface area contributed by atoms with Crippen LogP contribution in [-0.2, 0) is 9.53 Å². The van der Waals surface area contributed by atoms with E-state index in [0.717, 1.165) is 37.9 Å². The summed E-state index contributed by atoms with van der Waals surface area (Å²) in [5.41, 5.74) is 2.20. The van der Waals surface area contributed by atoms with Crippen molar-refractivity contribution in [1.82, 2.24) is 4.90 Å². The first-order valence-electron chi connectivity index (χ1n) is 9.61. The Balaban J connectivity index is 1.47. The van der Waals surface area contributed by atoms with Gasteiger partial charge in [-0.3, -0.25) is 9.59 Å². The van der Waals surface area contributed by atoms with E-state index in [2.05, 4.69) is 5.32 Å². The molecule has 0 unspecified atom stereocenters. The summed E-state index contributed by atoms with van der Waals surface area (Å²) < 4.78 is 5.34. The van der Waals surface area contributed by atoms with Gasteiger partial charge in [-0.15, -0.1) is 0 Å². The standard InChI is InChI=1S/C22H22N2O4/c25-20(14-19-15-8-2-3-9-16(15)22(27)28-19)23-18-11-5-4-10-17(18)21(26)24-12-6-1-7-13-24/h2-5,8-11,19H,1,6-7,12-14H2,(H,23,25)/t19-/m0/s1. The number of carbonyl (C=O) groups excluding carboxylic acids is 3. The number of amides is 2. The zero-order valence-corrected chi connectivity index (χ0v) is 15.5. The van der Waals surface area contributed by atoms with Gasteiger partial charge in [-0.05, 0) is 37.5 Å². The van der Waals surface area contributed by atoms with Crippen LogP contribution in [0.15, 0.2) is 48.5 Å². The van der Waals surface area contributed by atoms with Gasteiger partial charge in [-0.2, -0.15) is 0 Å². The van der Waals surface area contributed by atoms with Crippen LogP contribution >= 0.6 is 0 Å². The SMILES string of the molecule is O=C(C[C@@H]1OC(=O)c2ccccc21)Nc1ccccc1C(=O)N1CCCCC1. The molecule has 1 saturated heterocycles. The van der Waals surface area contributed by atoms with E-state index in [0.29, 0.717) is 16.8 Å². The molecular weight excluding hydrogens is 356 g/mol. The Morgan fingerprint density at radius 1 is 1.00 bits per heavy atom. The Labute approximate surface area is 163 Å². The minimum atomic E-state index is -0.603. The van der Waals surface area contributed by atoms with E-state index in [9.17, 15) is 14.4 Å². The number of ether oxygens (including phenoxy) is 1. The summed E-state index contributed by atoms with van der Waals surface area (Å²) in [6.07, 6.45) is 2.56. The maximum atomic E-state index is 12.9. The van der Waals surface area contributed by atoms with Crippen LogP contribution in [0.2, 0.25) is 0 Å². The number of carbonyl (C=O) groups is 3. The van der Waals surface area contributed by atoms with Crippen molar-refractivity contribution in [3.05, 3.63) is 65.2 Å². The molecule has 2 amide bonds. The van der Waals surface area contributed by atoms with Crippen molar-refractivity contribution in [3.8, 4) is 0 Å². The fourth-order valence-electron chi connectivity index (χ4n) is 3.79. The number of nitrogens with zero attached hydrogens (tertiary/aromatic N) is 1. The van der Waals surface area contributed by atoms with E-state index in [1.165, 1.54) is 0 Å². The number of esters is 1. The molecule has 2 aliphatic rings. The van der Waals surface area contributed by atoms with Crippen LogP contribution in [0.5, 0.6) is 0 Å². The van der Waals surface area contributed by atoms with Crippen LogP contribution in [-0.4, -0.2) is 35.8 Å². The fourth-order valence-corrected chi connectivity index (χ4v) is 3.79. The van der Waals surface area contributed by atoms with Gasteiger partial charge in [0.05, 0.1) is 23.2 Å². The van der Waals surface area contributed by atoms with E-state index in [1.54, 1.807) is 42.5 Å². The van der Waals surface area contributed by atoms with Gasteiger partial charge in [0.15, 0.2) is 0 Å². The van der Waals surface area contributed by atoms with Crippen molar-refractivity contribution in [1.29, 1.82) is 0 Å². The van der Waals surface area contributed by atoms with Gasteiger partial charge in [-0.1, -0.05) is 30.3 Å². The average molecular weight is 378 g/mol. The molecule has 28 heavy (non-hydrogen) atoms. The molecule has 0 saturated carbocycles. The first-order chi connectivity index (χ1) is 13.6. The molecule has 2 aromatic carbocycles. The quantitative estimate of drug-likeness (QED) is 0.826. The van der Waals surface area contributed by atoms with Crippen molar-refractivity contribution < 1.29 is 19.1 Å². The molecule has 0 bridgehead atoms. The molecule has 1 fully saturated rings. The second kappa shape index (κ2) is 7.84. The van der Waals surface area contributed by atoms with Gasteiger partial charge in [-0.25, -0.2) is 4.79 Å². The zero-order chi connectivity index (χ0) is 19.5. The molecule has 6 nitrogen and oxygen atoms in total. The van der Waals surface area contributed by atoms with E-state index in [4.69, 9.17) is 4.74 Å². The Bertz CT molecular complexity index is 918. The molecule has 4 rings (SSSR count). The smallest absolute Gasteiger partial charge is 0.339 e. The predicted octanol–water partition coefficient (Wildman–Crippen LogP) is 3.55. The zero-order valence-electron chi connectivity index (χ0n) is 15.5. The lowest BCUT2D eigenvalue weighted by molar-refractivity contribution is -0.118. The summed E-state index contributed by atoms with van der Waals surface area (Å²) in [7, 11) is 0. The fraction of sp³-hybridized carbons (Fsp3) is 0.318. The predicted molar refractivity (Wildman–Crippen MR) is 104 cm³/mol. The summed E-state index contributed by atoms with van der Waals surface area (Å²) in [6.45, 7) is 1.49. The molecule has 1 atom stereocenters. The molecule has 144 valence electrons. The molecule has 2 aromatic rings. The molecule has 2 heterocycles. The normalized spacial score (nSPS) is 18.4. The third kappa shape index (κ3) is 3.63. The third-order valence-electron chi connectivity index (χ3n) is 5.22. The number of nitrogens with one attached hydrogen (secondary N) is 1. The minimum absolute atomic E-state index is 0.00892. The number of para-hydroxylation sites is 1. The first kappa shape index (κ1) is 18.2. The number of benzene rings is 2. The van der Waals surface area contributed by atoms with Crippen LogP contribution < -0.4 is 5.32 Å². The van der Waals surface area contributed by atoms with Crippen molar-refractivity contribution in [2.45, 2.75) is 31.8 Å². The number of piperidine rings is 1. The molecule has 0 spiro atoms. The summed E-state index contributed by atoms with van der Waals surface area (Å²) in [4.78, 5) is 39.2. The molecule has 2 aliphatic heterocycles. The lowest BCUT2D eigenvalue weighted by Crippen LogP contribution is -2.36. The number of likely N-dealkylation sites (tertiary alicyclic amines) is 1. The van der Waals surface area contributed by atoms with Crippen LogP contribution in [0, 0.1) is 0 Å². The number of hydrogen-bond acceptors (Lipinski definition) is 4. The summed E-state index contributed by atoms with van der Waals surface area (Å²) in [5, 5.41) is 2.83. The van der Waals surface area contributed by atoms with E-state index >= 15 is 0 Å². The number of fused-ring (bicyclic) bond motifs is 1. The highest BCUT2D eigenvalue weighted by Crippen LogP contribution is 2.33. The lowest BCUT2D eigenvalue weighted by Gasteiger charge is -2.27. The largest absolute Gasteiger partial charge is 0.453 e. The van der Waals surface area contributed by atoms with Crippen molar-refractivity contribution in [2.75, 3.05) is 18.4 Å². The van der Waals surface area contributed by atoms with Crippen LogP contribution in [0.1, 0.15) is 58.1 Å². The highest BCUT2D eigenvalue weighted by atomic mass is 16.5. The second-order valence-corrected chi connectivity index (χ2v) is 7.13. The molecule has 0 aromatic heterocycles. The Kier molecular flexibility index (Phi) is 5.10. The second-order valence-electron chi connectivity index (χ2n) is 7.13. The van der Waals surface area contributed by atoms with Crippen LogP contribution in [0.4, 0.5) is 5.69 Å². The van der Waals surface area contributed by atoms with E-state index < -0.39 is 12.1 Å². The molecule has 6 heteroatoms. The number of hydrogen-bond donors (Lipinski definition) is 1. The minimum Gasteiger partial charge on any atom is -0.453 e. The van der Waals surface area contributed by atoms with Crippen LogP contribution in [0.3, 0.4) is 0 Å². The van der Waals surface area contributed by atoms with Gasteiger partial charge < -0.3 is 15.0 Å². The summed E-state index contributed by atoms with van der Waals surface area (Å²) in [6, 6.07) is 14.1. The summed E-state index contributed by atoms with van der Waals surface area (Å²) >= 11 is 0. The van der Waals surface area contributed by atoms with Crippen molar-refractivity contribution in [2.24, 2.45) is 0 Å². The monoisotopic (exact) mass is 378 g/mol. The maximum absolute atomic E-state index is 12.9. The lowest BCUT2D eigenvalue weighted by atomic mass is 10.0. The van der Waals surface area contributed by atoms with Gasteiger partial charge in [0.2, 0.25) is 5.91 Å². The molecule has 0 radical (unpaired) electrons. The average Bonchev–Trinajstić information content (AvgIpc) is 3.04. The van der Waals surface area contributed by atoms with Crippen LogP contribution in [0.25, 0.3) is 0 Å². The van der Waals surface area contributed by atoms with Gasteiger partial charge in [0, 0.05) is 18.7 Å². The third-order valence-corrected chi connectivity index (χ3v) is 5.22. The van der Waals surface area contributed by atoms with Crippen molar-refractivity contribution in [3.63, 3.8) is 0 Å². The first-order valence-corrected chi connectivity index (χ1v) is 9.61. The number of rotatable bonds is 4. The Hall–Kier alpha value is -3.15. The highest BCUT2D eigenvalue weighted by molar-refractivity contribution is 6.04. The maximum Gasteiger partial charge on any atom is 0.339 e. The Morgan fingerprint density at radius 3 is 2.54 bits per heavy atom. The van der Waals surface area contributed by atoms with Gasteiger partial charge in [0.1, 0.15) is 6.10 Å².